The third-order valence-corrected chi connectivity index (χ3v) is 4.89. The summed E-state index contributed by atoms with van der Waals surface area (Å²) in [4.78, 5) is 18.2. The maximum absolute atomic E-state index is 12.8. The highest BCUT2D eigenvalue weighted by Crippen LogP contribution is 2.33. The first-order valence-corrected chi connectivity index (χ1v) is 8.28. The van der Waals surface area contributed by atoms with Crippen LogP contribution in [0.15, 0.2) is 24.5 Å². The van der Waals surface area contributed by atoms with E-state index in [2.05, 4.69) is 10.3 Å². The van der Waals surface area contributed by atoms with Crippen molar-refractivity contribution in [3.8, 4) is 5.75 Å². The van der Waals surface area contributed by atoms with Crippen molar-refractivity contribution >= 4 is 11.9 Å². The summed E-state index contributed by atoms with van der Waals surface area (Å²) in [7, 11) is 1.64. The van der Waals surface area contributed by atoms with E-state index in [-0.39, 0.29) is 18.5 Å². The van der Waals surface area contributed by atoms with Crippen molar-refractivity contribution in [1.29, 1.82) is 5.41 Å². The standard InChI is InChI=1S/C17H24N4O2/c1-21-15(22)17(20-16(21)18,10-13-6-3-2-4-7-13)12-23-14-8-5-9-19-11-14/h5,8-9,11,13H,2-4,6-7,10,12H2,1H3,(H2,18,20). The van der Waals surface area contributed by atoms with Crippen LogP contribution in [0.3, 0.4) is 0 Å². The molecule has 1 aromatic rings. The second-order valence-corrected chi connectivity index (χ2v) is 6.61. The van der Waals surface area contributed by atoms with Crippen molar-refractivity contribution < 1.29 is 9.53 Å². The largest absolute Gasteiger partial charge is 0.489 e. The first kappa shape index (κ1) is 15.8. The molecule has 6 heteroatoms. The number of nitrogens with zero attached hydrogens (tertiary/aromatic N) is 2. The molecule has 2 heterocycles. The number of likely N-dealkylation sites (N-methyl/N-ethyl adjacent to an activating group) is 1. The monoisotopic (exact) mass is 316 g/mol. The number of ether oxygens (including phenoxy) is 1. The van der Waals surface area contributed by atoms with Gasteiger partial charge in [0.1, 0.15) is 12.4 Å². The van der Waals surface area contributed by atoms with E-state index in [1.54, 1.807) is 25.5 Å². The minimum absolute atomic E-state index is 0.0723. The van der Waals surface area contributed by atoms with Gasteiger partial charge in [-0.25, -0.2) is 0 Å². The van der Waals surface area contributed by atoms with Gasteiger partial charge in [-0.1, -0.05) is 32.1 Å². The molecule has 0 radical (unpaired) electrons. The normalized spacial score (nSPS) is 25.5. The Bertz CT molecular complexity index is 571. The highest BCUT2D eigenvalue weighted by Gasteiger charge is 2.50. The molecule has 0 bridgehead atoms. The zero-order chi connectivity index (χ0) is 16.3. The van der Waals surface area contributed by atoms with E-state index in [0.717, 1.165) is 19.3 Å². The Balaban J connectivity index is 1.76. The van der Waals surface area contributed by atoms with Crippen molar-refractivity contribution in [3.05, 3.63) is 24.5 Å². The molecular weight excluding hydrogens is 292 g/mol. The molecule has 1 aliphatic heterocycles. The van der Waals surface area contributed by atoms with E-state index in [9.17, 15) is 4.79 Å². The summed E-state index contributed by atoms with van der Waals surface area (Å²) in [6.07, 6.45) is 10.1. The Morgan fingerprint density at radius 1 is 1.43 bits per heavy atom. The van der Waals surface area contributed by atoms with E-state index < -0.39 is 5.54 Å². The fourth-order valence-electron chi connectivity index (χ4n) is 3.60. The SMILES string of the molecule is CN1C(=N)NC(COc2cccnc2)(CC2CCCCC2)C1=O. The van der Waals surface area contributed by atoms with E-state index in [1.165, 1.54) is 24.2 Å². The van der Waals surface area contributed by atoms with Crippen LogP contribution in [0.1, 0.15) is 38.5 Å². The van der Waals surface area contributed by atoms with Gasteiger partial charge in [0.25, 0.3) is 5.91 Å². The molecule has 2 aliphatic rings. The van der Waals surface area contributed by atoms with Crippen LogP contribution >= 0.6 is 0 Å². The van der Waals surface area contributed by atoms with E-state index in [0.29, 0.717) is 11.7 Å². The van der Waals surface area contributed by atoms with Crippen LogP contribution in [0.2, 0.25) is 0 Å². The number of hydrogen-bond donors (Lipinski definition) is 2. The van der Waals surface area contributed by atoms with E-state index in [1.807, 2.05) is 6.07 Å². The molecule has 0 aromatic carbocycles. The topological polar surface area (TPSA) is 78.3 Å². The predicted molar refractivity (Wildman–Crippen MR) is 87.3 cm³/mol. The lowest BCUT2D eigenvalue weighted by Crippen LogP contribution is -2.53. The van der Waals surface area contributed by atoms with Gasteiger partial charge >= 0.3 is 0 Å². The molecule has 124 valence electrons. The van der Waals surface area contributed by atoms with Crippen molar-refractivity contribution in [2.45, 2.75) is 44.1 Å². The lowest BCUT2D eigenvalue weighted by atomic mass is 9.79. The lowest BCUT2D eigenvalue weighted by molar-refractivity contribution is -0.132. The lowest BCUT2D eigenvalue weighted by Gasteiger charge is -2.32. The average molecular weight is 316 g/mol. The van der Waals surface area contributed by atoms with Crippen LogP contribution in [-0.2, 0) is 4.79 Å². The minimum atomic E-state index is -0.830. The molecular formula is C17H24N4O2. The molecule has 1 saturated carbocycles. The van der Waals surface area contributed by atoms with Crippen LogP contribution in [0.5, 0.6) is 5.75 Å². The molecule has 1 aromatic heterocycles. The molecule has 1 aliphatic carbocycles. The Morgan fingerprint density at radius 3 is 2.83 bits per heavy atom. The van der Waals surface area contributed by atoms with Gasteiger partial charge in [0, 0.05) is 13.2 Å². The molecule has 1 atom stereocenters. The maximum Gasteiger partial charge on any atom is 0.258 e. The summed E-state index contributed by atoms with van der Waals surface area (Å²) in [5, 5.41) is 11.1. The van der Waals surface area contributed by atoms with Gasteiger partial charge < -0.3 is 10.1 Å². The van der Waals surface area contributed by atoms with Gasteiger partial charge in [0.2, 0.25) is 0 Å². The number of rotatable bonds is 5. The van der Waals surface area contributed by atoms with Crippen molar-refractivity contribution in [2.75, 3.05) is 13.7 Å². The van der Waals surface area contributed by atoms with Crippen molar-refractivity contribution in [1.82, 2.24) is 15.2 Å². The van der Waals surface area contributed by atoms with Crippen molar-refractivity contribution in [2.24, 2.45) is 5.92 Å². The average Bonchev–Trinajstić information content (AvgIpc) is 2.79. The Kier molecular flexibility index (Phi) is 4.50. The van der Waals surface area contributed by atoms with Crippen molar-refractivity contribution in [3.63, 3.8) is 0 Å². The highest BCUT2D eigenvalue weighted by atomic mass is 16.5. The summed E-state index contributed by atoms with van der Waals surface area (Å²) >= 11 is 0. The Hall–Kier alpha value is -2.11. The van der Waals surface area contributed by atoms with Crippen LogP contribution in [0, 0.1) is 11.3 Å². The zero-order valence-corrected chi connectivity index (χ0v) is 13.5. The minimum Gasteiger partial charge on any atom is -0.489 e. The molecule has 3 rings (SSSR count). The first-order chi connectivity index (χ1) is 11.1. The molecule has 1 unspecified atom stereocenters. The third kappa shape index (κ3) is 3.30. The fraction of sp³-hybridized carbons (Fsp3) is 0.588. The molecule has 2 N–H and O–H groups in total. The summed E-state index contributed by atoms with van der Waals surface area (Å²) in [5.74, 6) is 1.24. The van der Waals surface area contributed by atoms with Crippen LogP contribution in [0.25, 0.3) is 0 Å². The van der Waals surface area contributed by atoms with Crippen LogP contribution < -0.4 is 10.1 Å². The summed E-state index contributed by atoms with van der Waals surface area (Å²) in [6.45, 7) is 0.223. The highest BCUT2D eigenvalue weighted by molar-refractivity contribution is 6.07. The molecule has 0 spiro atoms. The number of carbonyl (C=O) groups excluding carboxylic acids is 1. The summed E-state index contributed by atoms with van der Waals surface area (Å²) in [6, 6.07) is 3.64. The Morgan fingerprint density at radius 2 is 2.22 bits per heavy atom. The molecule has 6 nitrogen and oxygen atoms in total. The quantitative estimate of drug-likeness (QED) is 0.872. The summed E-state index contributed by atoms with van der Waals surface area (Å²) < 4.78 is 5.83. The molecule has 1 saturated heterocycles. The predicted octanol–water partition coefficient (Wildman–Crippen LogP) is 2.17. The molecule has 2 fully saturated rings. The number of nitrogens with one attached hydrogen (secondary N) is 2. The van der Waals surface area contributed by atoms with Gasteiger partial charge in [0.15, 0.2) is 11.5 Å². The second-order valence-electron chi connectivity index (χ2n) is 6.61. The zero-order valence-electron chi connectivity index (χ0n) is 13.5. The number of guanidine groups is 1. The first-order valence-electron chi connectivity index (χ1n) is 8.28. The fourth-order valence-corrected chi connectivity index (χ4v) is 3.60. The third-order valence-electron chi connectivity index (χ3n) is 4.89. The number of pyridine rings is 1. The molecule has 1 amide bonds. The van der Waals surface area contributed by atoms with Gasteiger partial charge in [-0.3, -0.25) is 20.1 Å². The number of hydrogen-bond acceptors (Lipinski definition) is 4. The number of carbonyl (C=O) groups is 1. The summed E-state index contributed by atoms with van der Waals surface area (Å²) in [5.41, 5.74) is -0.830. The van der Waals surface area contributed by atoms with Crippen LogP contribution in [-0.4, -0.2) is 40.9 Å². The van der Waals surface area contributed by atoms with Gasteiger partial charge in [-0.2, -0.15) is 0 Å². The van der Waals surface area contributed by atoms with Crippen LogP contribution in [0.4, 0.5) is 0 Å². The van der Waals surface area contributed by atoms with Gasteiger partial charge in [-0.15, -0.1) is 0 Å². The molecule has 23 heavy (non-hydrogen) atoms. The smallest absolute Gasteiger partial charge is 0.258 e. The number of aromatic nitrogens is 1. The Labute approximate surface area is 136 Å². The number of amides is 1. The van der Waals surface area contributed by atoms with Gasteiger partial charge in [0.05, 0.1) is 6.20 Å². The second kappa shape index (κ2) is 6.56. The van der Waals surface area contributed by atoms with E-state index in [4.69, 9.17) is 10.1 Å². The van der Waals surface area contributed by atoms with E-state index >= 15 is 0 Å². The maximum atomic E-state index is 12.8. The van der Waals surface area contributed by atoms with Gasteiger partial charge in [-0.05, 0) is 24.5 Å².